The Balaban J connectivity index is 1.96. The monoisotopic (exact) mass is 273 g/mol. The Kier molecular flexibility index (Phi) is 8.29. The number of likely N-dealkylation sites (tertiary alicyclic amines) is 1. The lowest BCUT2D eigenvalue weighted by Crippen LogP contribution is -2.41. The summed E-state index contributed by atoms with van der Waals surface area (Å²) in [5, 5.41) is 7.32. The molecule has 0 aromatic rings. The minimum absolute atomic E-state index is 0.768. The van der Waals surface area contributed by atoms with Crippen LogP contribution >= 0.6 is 12.2 Å². The van der Waals surface area contributed by atoms with E-state index in [-0.39, 0.29) is 0 Å². The van der Waals surface area contributed by atoms with E-state index in [1.54, 1.807) is 0 Å². The Hall–Kier alpha value is -0.390. The molecule has 1 heterocycles. The molecule has 0 atom stereocenters. The van der Waals surface area contributed by atoms with Gasteiger partial charge in [0.25, 0.3) is 0 Å². The lowest BCUT2D eigenvalue weighted by Gasteiger charge is -2.29. The number of nitrogens with one attached hydrogen (secondary N) is 2. The fourth-order valence-corrected chi connectivity index (χ4v) is 2.27. The zero-order valence-corrected chi connectivity index (χ0v) is 12.5. The molecule has 0 amide bonds. The van der Waals surface area contributed by atoms with Crippen molar-refractivity contribution in [1.82, 2.24) is 15.5 Å². The third-order valence-corrected chi connectivity index (χ3v) is 3.63. The molecule has 0 bridgehead atoms. The summed E-state index contributed by atoms with van der Waals surface area (Å²) >= 11 is 5.25. The van der Waals surface area contributed by atoms with Gasteiger partial charge >= 0.3 is 0 Å². The fraction of sp³-hybridized carbons (Fsp3) is 0.923. The van der Waals surface area contributed by atoms with Gasteiger partial charge in [-0.25, -0.2) is 0 Å². The lowest BCUT2D eigenvalue weighted by atomic mass is 9.97. The molecular formula is C13H27N3OS. The highest BCUT2D eigenvalue weighted by atomic mass is 32.1. The molecule has 0 aromatic carbocycles. The minimum atomic E-state index is 0.768. The van der Waals surface area contributed by atoms with Gasteiger partial charge in [-0.15, -0.1) is 0 Å². The van der Waals surface area contributed by atoms with E-state index < -0.39 is 0 Å². The molecule has 0 spiro atoms. The zero-order valence-electron chi connectivity index (χ0n) is 11.7. The molecule has 1 rings (SSSR count). The molecule has 0 radical (unpaired) electrons. The van der Waals surface area contributed by atoms with Crippen molar-refractivity contribution in [3.63, 3.8) is 0 Å². The van der Waals surface area contributed by atoms with Crippen LogP contribution in [-0.2, 0) is 4.74 Å². The molecule has 0 unspecified atom stereocenters. The van der Waals surface area contributed by atoms with Crippen molar-refractivity contribution in [3.8, 4) is 0 Å². The lowest BCUT2D eigenvalue weighted by molar-refractivity contribution is 0.145. The molecule has 0 aromatic heterocycles. The molecule has 0 saturated carbocycles. The van der Waals surface area contributed by atoms with Crippen molar-refractivity contribution in [2.24, 2.45) is 5.92 Å². The number of rotatable bonds is 7. The third kappa shape index (κ3) is 7.13. The van der Waals surface area contributed by atoms with Gasteiger partial charge in [0.2, 0.25) is 0 Å². The second-order valence-electron chi connectivity index (χ2n) is 4.93. The van der Waals surface area contributed by atoms with Gasteiger partial charge in [-0.05, 0) is 64.5 Å². The highest BCUT2D eigenvalue weighted by Crippen LogP contribution is 2.14. The van der Waals surface area contributed by atoms with Crippen LogP contribution in [0.4, 0.5) is 0 Å². The molecule has 5 heteroatoms. The largest absolute Gasteiger partial charge is 0.382 e. The molecule has 1 aliphatic heterocycles. The average Bonchev–Trinajstić information content (AvgIpc) is 2.38. The number of piperidine rings is 1. The van der Waals surface area contributed by atoms with Crippen LogP contribution in [-0.4, -0.2) is 56.5 Å². The molecule has 4 nitrogen and oxygen atoms in total. The molecule has 1 aliphatic rings. The Labute approximate surface area is 116 Å². The van der Waals surface area contributed by atoms with Crippen LogP contribution in [0.3, 0.4) is 0 Å². The number of nitrogens with zero attached hydrogens (tertiary/aromatic N) is 1. The zero-order chi connectivity index (χ0) is 13.2. The topological polar surface area (TPSA) is 36.5 Å². The molecule has 0 aliphatic carbocycles. The molecule has 2 N–H and O–H groups in total. The van der Waals surface area contributed by atoms with Crippen molar-refractivity contribution in [3.05, 3.63) is 0 Å². The number of hydrogen-bond donors (Lipinski definition) is 2. The van der Waals surface area contributed by atoms with Crippen LogP contribution in [0, 0.1) is 5.92 Å². The van der Waals surface area contributed by atoms with Gasteiger partial charge in [0, 0.05) is 26.3 Å². The number of thiocarbonyl (C=S) groups is 1. The Morgan fingerprint density at radius 3 is 2.72 bits per heavy atom. The van der Waals surface area contributed by atoms with Gasteiger partial charge in [0.1, 0.15) is 0 Å². The van der Waals surface area contributed by atoms with Crippen LogP contribution in [0.2, 0.25) is 0 Å². The van der Waals surface area contributed by atoms with E-state index in [9.17, 15) is 0 Å². The highest BCUT2D eigenvalue weighted by Gasteiger charge is 2.16. The van der Waals surface area contributed by atoms with Crippen molar-refractivity contribution in [2.45, 2.75) is 26.2 Å². The smallest absolute Gasteiger partial charge is 0.166 e. The van der Waals surface area contributed by atoms with Crippen molar-refractivity contribution in [1.29, 1.82) is 0 Å². The van der Waals surface area contributed by atoms with Gasteiger partial charge in [-0.2, -0.15) is 0 Å². The van der Waals surface area contributed by atoms with Gasteiger partial charge in [0.15, 0.2) is 5.11 Å². The summed E-state index contributed by atoms with van der Waals surface area (Å²) in [6.45, 7) is 7.92. The van der Waals surface area contributed by atoms with Crippen LogP contribution in [0.1, 0.15) is 26.2 Å². The SMILES string of the molecule is CCOCCCNC(=S)NCC1CCN(C)CC1. The molecule has 1 saturated heterocycles. The molecule has 106 valence electrons. The summed E-state index contributed by atoms with van der Waals surface area (Å²) in [6, 6.07) is 0. The summed E-state index contributed by atoms with van der Waals surface area (Å²) in [4.78, 5) is 2.39. The van der Waals surface area contributed by atoms with Crippen LogP contribution in [0.25, 0.3) is 0 Å². The molecule has 1 fully saturated rings. The standard InChI is InChI=1S/C13H27N3OS/c1-3-17-10-4-7-14-13(18)15-11-12-5-8-16(2)9-6-12/h12H,3-11H2,1-2H3,(H2,14,15,18). The van der Waals surface area contributed by atoms with Gasteiger partial charge < -0.3 is 20.3 Å². The number of hydrogen-bond acceptors (Lipinski definition) is 3. The van der Waals surface area contributed by atoms with E-state index in [4.69, 9.17) is 17.0 Å². The van der Waals surface area contributed by atoms with E-state index in [1.807, 2.05) is 6.92 Å². The minimum Gasteiger partial charge on any atom is -0.382 e. The first-order valence-corrected chi connectivity index (χ1v) is 7.41. The van der Waals surface area contributed by atoms with E-state index >= 15 is 0 Å². The summed E-state index contributed by atoms with van der Waals surface area (Å²) in [6.07, 6.45) is 3.55. The maximum absolute atomic E-state index is 5.27. The average molecular weight is 273 g/mol. The first-order chi connectivity index (χ1) is 8.72. The van der Waals surface area contributed by atoms with E-state index in [0.717, 1.165) is 43.8 Å². The van der Waals surface area contributed by atoms with E-state index in [2.05, 4.69) is 22.6 Å². The van der Waals surface area contributed by atoms with Crippen LogP contribution in [0.15, 0.2) is 0 Å². The summed E-state index contributed by atoms with van der Waals surface area (Å²) < 4.78 is 5.27. The van der Waals surface area contributed by atoms with Gasteiger partial charge in [0.05, 0.1) is 0 Å². The quantitative estimate of drug-likeness (QED) is 0.539. The summed E-state index contributed by atoms with van der Waals surface area (Å²) in [5.74, 6) is 0.768. The summed E-state index contributed by atoms with van der Waals surface area (Å²) in [5.41, 5.74) is 0. The second-order valence-corrected chi connectivity index (χ2v) is 5.34. The number of ether oxygens (including phenoxy) is 1. The van der Waals surface area contributed by atoms with Gasteiger partial charge in [-0.1, -0.05) is 0 Å². The summed E-state index contributed by atoms with van der Waals surface area (Å²) in [7, 11) is 2.19. The van der Waals surface area contributed by atoms with Crippen molar-refractivity contribution < 1.29 is 4.74 Å². The molecule has 18 heavy (non-hydrogen) atoms. The van der Waals surface area contributed by atoms with Crippen molar-refractivity contribution >= 4 is 17.3 Å². The third-order valence-electron chi connectivity index (χ3n) is 3.34. The highest BCUT2D eigenvalue weighted by molar-refractivity contribution is 7.80. The van der Waals surface area contributed by atoms with Gasteiger partial charge in [-0.3, -0.25) is 0 Å². The normalized spacial score (nSPS) is 17.7. The Bertz CT molecular complexity index is 230. The maximum atomic E-state index is 5.27. The predicted molar refractivity (Wildman–Crippen MR) is 79.9 cm³/mol. The van der Waals surface area contributed by atoms with E-state index in [0.29, 0.717) is 0 Å². The maximum Gasteiger partial charge on any atom is 0.166 e. The Morgan fingerprint density at radius 1 is 1.33 bits per heavy atom. The molecular weight excluding hydrogens is 246 g/mol. The fourth-order valence-electron chi connectivity index (χ4n) is 2.09. The Morgan fingerprint density at radius 2 is 2.06 bits per heavy atom. The second kappa shape index (κ2) is 9.53. The van der Waals surface area contributed by atoms with E-state index in [1.165, 1.54) is 25.9 Å². The first kappa shape index (κ1) is 15.7. The van der Waals surface area contributed by atoms with Crippen molar-refractivity contribution in [2.75, 3.05) is 46.4 Å². The van der Waals surface area contributed by atoms with Crippen LogP contribution < -0.4 is 10.6 Å². The first-order valence-electron chi connectivity index (χ1n) is 7.00. The predicted octanol–water partition coefficient (Wildman–Crippen LogP) is 1.22. The van der Waals surface area contributed by atoms with Crippen LogP contribution in [0.5, 0.6) is 0 Å².